The molecule has 1 rings (SSSR count). The monoisotopic (exact) mass is 231 g/mol. The summed E-state index contributed by atoms with van der Waals surface area (Å²) in [5, 5.41) is 15.1. The number of aryl methyl sites for hydroxylation is 2. The van der Waals surface area contributed by atoms with E-state index >= 15 is 0 Å². The molecule has 0 radical (unpaired) electrons. The Hall–Kier alpha value is -1.28. The topological polar surface area (TPSA) is 111 Å². The van der Waals surface area contributed by atoms with Crippen LogP contribution >= 0.6 is 0 Å². The summed E-state index contributed by atoms with van der Waals surface area (Å²) in [7, 11) is -3.45. The standard InChI is InChI=1S/C7H13N5O2S/c1-5-6(2)11-12-7(10-5)9-3-4-15(8,13)14/h3-4H2,1-2H3,(H2,8,13,14)(H,9,10,12). The highest BCUT2D eigenvalue weighted by atomic mass is 32.2. The number of anilines is 1. The maximum Gasteiger partial charge on any atom is 0.242 e. The molecule has 7 nitrogen and oxygen atoms in total. The van der Waals surface area contributed by atoms with Gasteiger partial charge in [0.1, 0.15) is 0 Å². The average molecular weight is 231 g/mol. The molecule has 0 spiro atoms. The summed E-state index contributed by atoms with van der Waals surface area (Å²) < 4.78 is 21.2. The van der Waals surface area contributed by atoms with Crippen molar-refractivity contribution in [2.75, 3.05) is 17.6 Å². The molecule has 84 valence electrons. The molecule has 0 aliphatic rings. The molecule has 0 amide bonds. The lowest BCUT2D eigenvalue weighted by atomic mass is 10.4. The summed E-state index contributed by atoms with van der Waals surface area (Å²) >= 11 is 0. The minimum Gasteiger partial charge on any atom is -0.352 e. The van der Waals surface area contributed by atoms with Crippen LogP contribution in [0, 0.1) is 13.8 Å². The third-order valence-electron chi connectivity index (χ3n) is 1.76. The van der Waals surface area contributed by atoms with Crippen LogP contribution in [0.2, 0.25) is 0 Å². The molecule has 0 unspecified atom stereocenters. The van der Waals surface area contributed by atoms with Gasteiger partial charge in [-0.25, -0.2) is 18.5 Å². The van der Waals surface area contributed by atoms with E-state index < -0.39 is 10.0 Å². The van der Waals surface area contributed by atoms with Gasteiger partial charge in [-0.1, -0.05) is 0 Å². The van der Waals surface area contributed by atoms with E-state index in [4.69, 9.17) is 5.14 Å². The lowest BCUT2D eigenvalue weighted by Gasteiger charge is -2.04. The van der Waals surface area contributed by atoms with Crippen molar-refractivity contribution in [1.82, 2.24) is 15.2 Å². The van der Waals surface area contributed by atoms with Crippen LogP contribution in [0.3, 0.4) is 0 Å². The molecule has 0 aliphatic carbocycles. The highest BCUT2D eigenvalue weighted by Crippen LogP contribution is 2.01. The van der Waals surface area contributed by atoms with Gasteiger partial charge in [0.05, 0.1) is 17.1 Å². The first kappa shape index (κ1) is 11.8. The van der Waals surface area contributed by atoms with Gasteiger partial charge in [0.2, 0.25) is 16.0 Å². The largest absolute Gasteiger partial charge is 0.352 e. The van der Waals surface area contributed by atoms with Crippen molar-refractivity contribution in [3.05, 3.63) is 11.4 Å². The van der Waals surface area contributed by atoms with E-state index in [2.05, 4.69) is 20.5 Å². The molecule has 0 saturated carbocycles. The quantitative estimate of drug-likeness (QED) is 0.701. The van der Waals surface area contributed by atoms with Crippen LogP contribution < -0.4 is 10.5 Å². The number of sulfonamides is 1. The Kier molecular flexibility index (Phi) is 3.53. The fourth-order valence-electron chi connectivity index (χ4n) is 0.837. The fraction of sp³-hybridized carbons (Fsp3) is 0.571. The van der Waals surface area contributed by atoms with Crippen molar-refractivity contribution in [1.29, 1.82) is 0 Å². The van der Waals surface area contributed by atoms with Gasteiger partial charge in [0.15, 0.2) is 0 Å². The van der Waals surface area contributed by atoms with Crippen LogP contribution in [0.15, 0.2) is 0 Å². The van der Waals surface area contributed by atoms with Gasteiger partial charge >= 0.3 is 0 Å². The zero-order valence-corrected chi connectivity index (χ0v) is 9.37. The van der Waals surface area contributed by atoms with Crippen LogP contribution in [-0.2, 0) is 10.0 Å². The van der Waals surface area contributed by atoms with Gasteiger partial charge in [0, 0.05) is 6.54 Å². The molecular formula is C7H13N5O2S. The van der Waals surface area contributed by atoms with Crippen LogP contribution in [0.5, 0.6) is 0 Å². The molecule has 0 saturated heterocycles. The molecule has 1 aromatic rings. The van der Waals surface area contributed by atoms with Crippen molar-refractivity contribution in [2.24, 2.45) is 5.14 Å². The van der Waals surface area contributed by atoms with E-state index in [1.807, 2.05) is 0 Å². The van der Waals surface area contributed by atoms with Gasteiger partial charge < -0.3 is 5.32 Å². The molecular weight excluding hydrogens is 218 g/mol. The maximum atomic E-state index is 10.6. The molecule has 1 heterocycles. The summed E-state index contributed by atoms with van der Waals surface area (Å²) in [6.45, 7) is 3.77. The molecule has 0 aliphatic heterocycles. The highest BCUT2D eigenvalue weighted by molar-refractivity contribution is 7.89. The number of hydrogen-bond acceptors (Lipinski definition) is 6. The van der Waals surface area contributed by atoms with E-state index in [9.17, 15) is 8.42 Å². The zero-order chi connectivity index (χ0) is 11.5. The number of primary sulfonamides is 1. The molecule has 3 N–H and O–H groups in total. The second-order valence-corrected chi connectivity index (χ2v) is 4.83. The lowest BCUT2D eigenvalue weighted by Crippen LogP contribution is -2.23. The van der Waals surface area contributed by atoms with Crippen molar-refractivity contribution in [3.63, 3.8) is 0 Å². The van der Waals surface area contributed by atoms with E-state index in [1.165, 1.54) is 0 Å². The molecule has 15 heavy (non-hydrogen) atoms. The summed E-state index contributed by atoms with van der Waals surface area (Å²) in [6.07, 6.45) is 0. The number of nitrogens with one attached hydrogen (secondary N) is 1. The van der Waals surface area contributed by atoms with Crippen molar-refractivity contribution in [2.45, 2.75) is 13.8 Å². The van der Waals surface area contributed by atoms with Crippen molar-refractivity contribution < 1.29 is 8.42 Å². The maximum absolute atomic E-state index is 10.6. The summed E-state index contributed by atoms with van der Waals surface area (Å²) in [4.78, 5) is 4.07. The third kappa shape index (κ3) is 4.17. The molecule has 0 fully saturated rings. The normalized spacial score (nSPS) is 11.4. The number of hydrogen-bond donors (Lipinski definition) is 2. The second kappa shape index (κ2) is 4.49. The SMILES string of the molecule is Cc1nnc(NCCS(N)(=O)=O)nc1C. The Morgan fingerprint density at radius 2 is 1.93 bits per heavy atom. The average Bonchev–Trinajstić information content (AvgIpc) is 2.09. The number of rotatable bonds is 4. The first-order valence-corrected chi connectivity index (χ1v) is 6.02. The summed E-state index contributed by atoms with van der Waals surface area (Å²) in [5.41, 5.74) is 1.50. The van der Waals surface area contributed by atoms with E-state index in [0.717, 1.165) is 11.4 Å². The summed E-state index contributed by atoms with van der Waals surface area (Å²) in [5.74, 6) is 0.144. The van der Waals surface area contributed by atoms with Crippen molar-refractivity contribution >= 4 is 16.0 Å². The Labute approximate surface area is 88.2 Å². The third-order valence-corrected chi connectivity index (χ3v) is 2.53. The van der Waals surface area contributed by atoms with Crippen LogP contribution in [-0.4, -0.2) is 35.9 Å². The van der Waals surface area contributed by atoms with Crippen LogP contribution in [0.25, 0.3) is 0 Å². The van der Waals surface area contributed by atoms with Crippen LogP contribution in [0.4, 0.5) is 5.95 Å². The first-order chi connectivity index (χ1) is 6.88. The predicted molar refractivity (Wildman–Crippen MR) is 55.8 cm³/mol. The predicted octanol–water partition coefficient (Wildman–Crippen LogP) is -0.811. The second-order valence-electron chi connectivity index (χ2n) is 3.10. The number of nitrogens with two attached hydrogens (primary N) is 1. The van der Waals surface area contributed by atoms with Gasteiger partial charge in [-0.05, 0) is 13.8 Å². The molecule has 0 aromatic carbocycles. The molecule has 8 heteroatoms. The Morgan fingerprint density at radius 3 is 2.47 bits per heavy atom. The zero-order valence-electron chi connectivity index (χ0n) is 8.56. The van der Waals surface area contributed by atoms with E-state index in [1.54, 1.807) is 13.8 Å². The molecule has 0 bridgehead atoms. The molecule has 0 atom stereocenters. The Morgan fingerprint density at radius 1 is 1.27 bits per heavy atom. The highest BCUT2D eigenvalue weighted by Gasteiger charge is 2.04. The van der Waals surface area contributed by atoms with Gasteiger partial charge in [-0.3, -0.25) is 0 Å². The number of aromatic nitrogens is 3. The van der Waals surface area contributed by atoms with E-state index in [0.29, 0.717) is 5.95 Å². The summed E-state index contributed by atoms with van der Waals surface area (Å²) in [6, 6.07) is 0. The Balaban J connectivity index is 2.55. The van der Waals surface area contributed by atoms with Gasteiger partial charge in [-0.15, -0.1) is 5.10 Å². The fourth-order valence-corrected chi connectivity index (χ4v) is 1.22. The smallest absolute Gasteiger partial charge is 0.242 e. The van der Waals surface area contributed by atoms with Crippen LogP contribution in [0.1, 0.15) is 11.4 Å². The number of nitrogens with zero attached hydrogens (tertiary/aromatic N) is 3. The Bertz CT molecular complexity index is 445. The van der Waals surface area contributed by atoms with E-state index in [-0.39, 0.29) is 12.3 Å². The van der Waals surface area contributed by atoms with Crippen molar-refractivity contribution in [3.8, 4) is 0 Å². The first-order valence-electron chi connectivity index (χ1n) is 4.31. The minimum atomic E-state index is -3.45. The molecule has 1 aromatic heterocycles. The lowest BCUT2D eigenvalue weighted by molar-refractivity contribution is 0.598. The van der Waals surface area contributed by atoms with Gasteiger partial charge in [-0.2, -0.15) is 5.10 Å². The van der Waals surface area contributed by atoms with Gasteiger partial charge in [0.25, 0.3) is 0 Å². The minimum absolute atomic E-state index is 0.163.